The van der Waals surface area contributed by atoms with Crippen molar-refractivity contribution in [3.8, 4) is 5.75 Å². The topological polar surface area (TPSA) is 46.6 Å². The molecule has 2 aromatic carbocycles. The average molecular weight is 404 g/mol. The first-order valence-corrected chi connectivity index (χ1v) is 10.4. The highest BCUT2D eigenvalue weighted by molar-refractivity contribution is 6.35. The van der Waals surface area contributed by atoms with Crippen LogP contribution in [0.25, 0.3) is 5.57 Å². The molecule has 0 radical (unpaired) electrons. The van der Waals surface area contributed by atoms with Gasteiger partial charge in [-0.1, -0.05) is 61.9 Å². The van der Waals surface area contributed by atoms with E-state index in [0.717, 1.165) is 16.9 Å². The van der Waals surface area contributed by atoms with Crippen molar-refractivity contribution < 1.29 is 14.3 Å². The lowest BCUT2D eigenvalue weighted by Crippen LogP contribution is -2.31. The zero-order valence-electron chi connectivity index (χ0n) is 18.1. The van der Waals surface area contributed by atoms with Crippen molar-refractivity contribution in [1.29, 1.82) is 0 Å². The Morgan fingerprint density at radius 2 is 1.63 bits per heavy atom. The Labute approximate surface area is 178 Å². The van der Waals surface area contributed by atoms with Crippen LogP contribution in [-0.2, 0) is 16.1 Å². The molecule has 4 nitrogen and oxygen atoms in total. The Morgan fingerprint density at radius 3 is 2.23 bits per heavy atom. The van der Waals surface area contributed by atoms with E-state index in [4.69, 9.17) is 4.74 Å². The van der Waals surface area contributed by atoms with Crippen molar-refractivity contribution >= 4 is 17.4 Å². The van der Waals surface area contributed by atoms with Gasteiger partial charge in [-0.05, 0) is 55.5 Å². The van der Waals surface area contributed by atoms with Crippen LogP contribution in [-0.4, -0.2) is 23.3 Å². The maximum Gasteiger partial charge on any atom is 0.262 e. The number of rotatable bonds is 8. The van der Waals surface area contributed by atoms with Crippen molar-refractivity contribution in [2.24, 2.45) is 5.92 Å². The molecule has 2 amide bonds. The van der Waals surface area contributed by atoms with Gasteiger partial charge in [0.05, 0.1) is 12.1 Å². The number of amides is 2. The molecule has 1 aliphatic heterocycles. The summed E-state index contributed by atoms with van der Waals surface area (Å²) in [5.74, 6) is 0.601. The second kappa shape index (κ2) is 9.57. The van der Waals surface area contributed by atoms with Gasteiger partial charge >= 0.3 is 0 Å². The molecule has 1 aliphatic rings. The molecule has 0 spiro atoms. The highest BCUT2D eigenvalue weighted by Crippen LogP contribution is 2.34. The van der Waals surface area contributed by atoms with E-state index >= 15 is 0 Å². The molecule has 0 saturated heterocycles. The largest absolute Gasteiger partial charge is 0.490 e. The molecular formula is C26H29NO3. The van der Waals surface area contributed by atoms with Crippen LogP contribution < -0.4 is 4.74 Å². The van der Waals surface area contributed by atoms with Gasteiger partial charge in [-0.15, -0.1) is 0 Å². The van der Waals surface area contributed by atoms with E-state index in [2.05, 4.69) is 13.8 Å². The first kappa shape index (κ1) is 21.6. The van der Waals surface area contributed by atoms with Gasteiger partial charge in [0.1, 0.15) is 12.4 Å². The van der Waals surface area contributed by atoms with Gasteiger partial charge < -0.3 is 4.74 Å². The summed E-state index contributed by atoms with van der Waals surface area (Å²) < 4.78 is 5.72. The summed E-state index contributed by atoms with van der Waals surface area (Å²) >= 11 is 0. The summed E-state index contributed by atoms with van der Waals surface area (Å²) in [6.07, 6.45) is 2.59. The zero-order chi connectivity index (χ0) is 21.7. The summed E-state index contributed by atoms with van der Waals surface area (Å²) in [5.41, 5.74) is 4.01. The minimum atomic E-state index is -0.224. The molecule has 156 valence electrons. The molecule has 0 bridgehead atoms. The number of ether oxygens (including phenoxy) is 1. The summed E-state index contributed by atoms with van der Waals surface area (Å²) in [4.78, 5) is 27.7. The average Bonchev–Trinajstić information content (AvgIpc) is 2.93. The number of hydrogen-bond donors (Lipinski definition) is 0. The molecule has 0 N–H and O–H groups in total. The number of carbonyl (C=O) groups is 2. The second-order valence-electron chi connectivity index (χ2n) is 8.25. The van der Waals surface area contributed by atoms with Crippen molar-refractivity contribution in [1.82, 2.24) is 4.90 Å². The maximum absolute atomic E-state index is 13.3. The molecule has 4 heteroatoms. The number of nitrogens with zero attached hydrogens (tertiary/aromatic N) is 1. The summed E-state index contributed by atoms with van der Waals surface area (Å²) in [7, 11) is 0. The van der Waals surface area contributed by atoms with E-state index in [-0.39, 0.29) is 24.3 Å². The molecule has 0 fully saturated rings. The van der Waals surface area contributed by atoms with Gasteiger partial charge in [-0.25, -0.2) is 0 Å². The second-order valence-corrected chi connectivity index (χ2v) is 8.25. The van der Waals surface area contributed by atoms with Crippen LogP contribution in [0.1, 0.15) is 45.2 Å². The normalized spacial score (nSPS) is 14.0. The quantitative estimate of drug-likeness (QED) is 0.438. The van der Waals surface area contributed by atoms with Crippen molar-refractivity contribution in [3.63, 3.8) is 0 Å². The molecule has 2 aromatic rings. The molecule has 0 atom stereocenters. The Kier molecular flexibility index (Phi) is 6.88. The van der Waals surface area contributed by atoms with Gasteiger partial charge in [-0.2, -0.15) is 0 Å². The third-order valence-corrected chi connectivity index (χ3v) is 4.94. The van der Waals surface area contributed by atoms with E-state index in [1.54, 1.807) is 0 Å². The van der Waals surface area contributed by atoms with Gasteiger partial charge in [-0.3, -0.25) is 14.5 Å². The monoisotopic (exact) mass is 403 g/mol. The third-order valence-electron chi connectivity index (χ3n) is 4.94. The molecule has 0 aromatic heterocycles. The fourth-order valence-corrected chi connectivity index (χ4v) is 3.45. The summed E-state index contributed by atoms with van der Waals surface area (Å²) in [6, 6.07) is 17.0. The predicted octanol–water partition coefficient (Wildman–Crippen LogP) is 5.40. The van der Waals surface area contributed by atoms with Gasteiger partial charge in [0.25, 0.3) is 11.8 Å². The number of hydrogen-bond acceptors (Lipinski definition) is 3. The van der Waals surface area contributed by atoms with E-state index in [9.17, 15) is 9.59 Å². The van der Waals surface area contributed by atoms with E-state index in [0.29, 0.717) is 24.2 Å². The number of carbonyl (C=O) groups excluding carboxylic acids is 2. The lowest BCUT2D eigenvalue weighted by molar-refractivity contribution is -0.137. The Morgan fingerprint density at radius 1 is 0.967 bits per heavy atom. The molecule has 1 heterocycles. The number of allylic oxidation sites excluding steroid dienone is 1. The van der Waals surface area contributed by atoms with Gasteiger partial charge in [0.15, 0.2) is 0 Å². The summed E-state index contributed by atoms with van der Waals surface area (Å²) in [5, 5.41) is 0. The zero-order valence-corrected chi connectivity index (χ0v) is 18.1. The highest BCUT2D eigenvalue weighted by Gasteiger charge is 2.38. The maximum atomic E-state index is 13.3. The highest BCUT2D eigenvalue weighted by atomic mass is 16.5. The lowest BCUT2D eigenvalue weighted by Gasteiger charge is -2.15. The van der Waals surface area contributed by atoms with Crippen LogP contribution in [0.2, 0.25) is 0 Å². The smallest absolute Gasteiger partial charge is 0.262 e. The van der Waals surface area contributed by atoms with E-state index in [1.807, 2.05) is 74.5 Å². The number of benzene rings is 2. The fraction of sp³-hybridized carbons (Fsp3) is 0.308. The van der Waals surface area contributed by atoms with Gasteiger partial charge in [0, 0.05) is 5.57 Å². The van der Waals surface area contributed by atoms with E-state index < -0.39 is 0 Å². The molecule has 30 heavy (non-hydrogen) atoms. The van der Waals surface area contributed by atoms with E-state index in [1.165, 1.54) is 10.5 Å². The van der Waals surface area contributed by atoms with Crippen LogP contribution in [0, 0.1) is 5.92 Å². The first-order valence-electron chi connectivity index (χ1n) is 10.4. The van der Waals surface area contributed by atoms with Crippen LogP contribution in [0.15, 0.2) is 71.8 Å². The minimum Gasteiger partial charge on any atom is -0.490 e. The first-order chi connectivity index (χ1) is 14.4. The fourth-order valence-electron chi connectivity index (χ4n) is 3.45. The lowest BCUT2D eigenvalue weighted by atomic mass is 9.95. The Balaban J connectivity index is 1.87. The van der Waals surface area contributed by atoms with Crippen molar-refractivity contribution in [2.45, 2.75) is 40.7 Å². The molecule has 0 aliphatic carbocycles. The predicted molar refractivity (Wildman–Crippen MR) is 120 cm³/mol. The van der Waals surface area contributed by atoms with Gasteiger partial charge in [0.2, 0.25) is 0 Å². The van der Waals surface area contributed by atoms with Crippen LogP contribution in [0.4, 0.5) is 0 Å². The third kappa shape index (κ3) is 5.07. The van der Waals surface area contributed by atoms with Crippen LogP contribution in [0.3, 0.4) is 0 Å². The number of imide groups is 1. The van der Waals surface area contributed by atoms with Crippen LogP contribution in [0.5, 0.6) is 5.75 Å². The molecule has 3 rings (SSSR count). The molecule has 0 unspecified atom stereocenters. The Bertz CT molecular complexity index is 965. The van der Waals surface area contributed by atoms with Crippen molar-refractivity contribution in [2.75, 3.05) is 6.61 Å². The Hall–Kier alpha value is -3.14. The molecule has 0 saturated carbocycles. The standard InChI is InChI=1S/C26H29NO3/c1-18(2)14-15-30-22-12-10-21(11-13-22)24-23(16-19(3)4)25(28)27(26(24)29)17-20-8-6-5-7-9-20/h5-14,19H,15-17H2,1-4H3. The van der Waals surface area contributed by atoms with Crippen molar-refractivity contribution in [3.05, 3.63) is 82.9 Å². The minimum absolute atomic E-state index is 0.184. The SMILES string of the molecule is CC(C)=CCOc1ccc(C2=C(CC(C)C)C(=O)N(Cc3ccccc3)C2=O)cc1. The molecular weight excluding hydrogens is 374 g/mol. The summed E-state index contributed by atoms with van der Waals surface area (Å²) in [6.45, 7) is 8.96. The van der Waals surface area contributed by atoms with Crippen LogP contribution >= 0.6 is 0 Å².